The number of hydrogen-bond donors (Lipinski definition) is 2. The lowest BCUT2D eigenvalue weighted by molar-refractivity contribution is -0.955. The molecule has 0 aromatic carbocycles. The molecule has 0 saturated carbocycles. The molecule has 220 valence electrons. The Morgan fingerprint density at radius 1 is 0.838 bits per heavy atom. The van der Waals surface area contributed by atoms with E-state index in [9.17, 15) is 23.1 Å². The van der Waals surface area contributed by atoms with Crippen molar-refractivity contribution >= 4 is 22.0 Å². The first kappa shape index (κ1) is 35.8. The average Bonchev–Trinajstić information content (AvgIpc) is 2.80. The number of carboxylic acid groups (broad SMARTS) is 1. The van der Waals surface area contributed by atoms with Crippen molar-refractivity contribution in [3.8, 4) is 0 Å². The van der Waals surface area contributed by atoms with E-state index in [1.54, 1.807) is 21.0 Å². The van der Waals surface area contributed by atoms with Crippen LogP contribution in [0.25, 0.3) is 0 Å². The monoisotopic (exact) mass is 548 g/mol. The Morgan fingerprint density at radius 3 is 1.62 bits per heavy atom. The highest BCUT2D eigenvalue weighted by Gasteiger charge is 2.46. The number of quaternary nitrogens is 1. The van der Waals surface area contributed by atoms with Crippen LogP contribution in [-0.2, 0) is 19.7 Å². The lowest BCUT2D eigenvalue weighted by Crippen LogP contribution is -2.72. The van der Waals surface area contributed by atoms with Gasteiger partial charge in [-0.2, -0.15) is 8.42 Å². The fourth-order valence-corrected chi connectivity index (χ4v) is 5.28. The molecule has 2 unspecified atom stereocenters. The maximum absolute atomic E-state index is 12.5. The highest BCUT2D eigenvalue weighted by Crippen LogP contribution is 2.28. The molecule has 0 fully saturated rings. The third kappa shape index (κ3) is 15.7. The summed E-state index contributed by atoms with van der Waals surface area (Å²) in [6.07, 6.45) is 18.8. The Kier molecular flexibility index (Phi) is 18.4. The zero-order chi connectivity index (χ0) is 28.4. The SMILES string of the molecule is CCCCCCCCCCCCCCCCCC(=O)NC(C)[N+](C)(C)C(C)(CCCS(=O)(=O)O)C(=O)[O-]. The number of unbranched alkanes of at least 4 members (excludes halogenated alkanes) is 14. The molecule has 0 saturated heterocycles. The minimum atomic E-state index is -4.18. The van der Waals surface area contributed by atoms with E-state index in [1.807, 2.05) is 0 Å². The van der Waals surface area contributed by atoms with Crippen LogP contribution in [0.4, 0.5) is 0 Å². The molecule has 0 radical (unpaired) electrons. The zero-order valence-electron chi connectivity index (χ0n) is 24.4. The molecule has 0 aliphatic carbocycles. The first-order chi connectivity index (χ1) is 17.3. The minimum Gasteiger partial charge on any atom is -0.544 e. The predicted molar refractivity (Wildman–Crippen MR) is 148 cm³/mol. The summed E-state index contributed by atoms with van der Waals surface area (Å²) in [5.74, 6) is -1.96. The number of rotatable bonds is 24. The lowest BCUT2D eigenvalue weighted by Gasteiger charge is -2.50. The van der Waals surface area contributed by atoms with Crippen molar-refractivity contribution in [1.29, 1.82) is 0 Å². The molecule has 1 amide bonds. The normalized spacial score (nSPS) is 14.8. The van der Waals surface area contributed by atoms with Crippen LogP contribution in [-0.4, -0.2) is 60.9 Å². The van der Waals surface area contributed by atoms with Crippen LogP contribution >= 0.6 is 0 Å². The third-order valence-corrected chi connectivity index (χ3v) is 8.93. The summed E-state index contributed by atoms with van der Waals surface area (Å²) in [4.78, 5) is 24.5. The second kappa shape index (κ2) is 19.0. The maximum Gasteiger partial charge on any atom is 0.264 e. The van der Waals surface area contributed by atoms with Gasteiger partial charge in [0.2, 0.25) is 5.91 Å². The first-order valence-corrected chi connectivity index (χ1v) is 16.2. The van der Waals surface area contributed by atoms with Gasteiger partial charge in [0.1, 0.15) is 11.5 Å². The first-order valence-electron chi connectivity index (χ1n) is 14.6. The molecule has 0 aromatic rings. The fraction of sp³-hybridized carbons (Fsp3) is 0.929. The topological polar surface area (TPSA) is 124 Å². The van der Waals surface area contributed by atoms with E-state index in [2.05, 4.69) is 12.2 Å². The van der Waals surface area contributed by atoms with Crippen molar-refractivity contribution in [3.05, 3.63) is 0 Å². The molecule has 0 aromatic heterocycles. The van der Waals surface area contributed by atoms with Gasteiger partial charge in [-0.3, -0.25) is 13.8 Å². The number of hydrogen-bond acceptors (Lipinski definition) is 5. The van der Waals surface area contributed by atoms with Gasteiger partial charge in [0.15, 0.2) is 6.17 Å². The number of carbonyl (C=O) groups is 2. The second-order valence-corrected chi connectivity index (χ2v) is 13.0. The van der Waals surface area contributed by atoms with E-state index in [0.29, 0.717) is 6.42 Å². The highest BCUT2D eigenvalue weighted by atomic mass is 32.2. The lowest BCUT2D eigenvalue weighted by atomic mass is 9.91. The summed E-state index contributed by atoms with van der Waals surface area (Å²) in [7, 11) is -0.812. The van der Waals surface area contributed by atoms with Gasteiger partial charge in [-0.1, -0.05) is 96.8 Å². The van der Waals surface area contributed by atoms with Crippen molar-refractivity contribution in [2.75, 3.05) is 19.8 Å². The van der Waals surface area contributed by atoms with E-state index in [4.69, 9.17) is 4.55 Å². The summed E-state index contributed by atoms with van der Waals surface area (Å²) in [5, 5.41) is 14.9. The average molecular weight is 549 g/mol. The number of amides is 1. The van der Waals surface area contributed by atoms with Gasteiger partial charge < -0.3 is 15.2 Å². The molecule has 37 heavy (non-hydrogen) atoms. The molecule has 8 nitrogen and oxygen atoms in total. The standard InChI is InChI=1S/C28H56N2O6S/c1-6-7-8-9-10-11-12-13-14-15-16-17-18-19-20-22-26(31)29-25(2)30(4,5)28(3,27(32)33)23-21-24-37(34,35)36/h25H,6-24H2,1-5H3,(H2-,29,31,32,33,34,35,36). The van der Waals surface area contributed by atoms with Crippen LogP contribution in [0.1, 0.15) is 136 Å². The summed E-state index contributed by atoms with van der Waals surface area (Å²) in [6.45, 7) is 5.49. The molecular formula is C28H56N2O6S. The van der Waals surface area contributed by atoms with Gasteiger partial charge in [-0.15, -0.1) is 0 Å². The summed E-state index contributed by atoms with van der Waals surface area (Å²) >= 11 is 0. The van der Waals surface area contributed by atoms with Gasteiger partial charge >= 0.3 is 0 Å². The van der Waals surface area contributed by atoms with E-state index in [-0.39, 0.29) is 23.2 Å². The van der Waals surface area contributed by atoms with Gasteiger partial charge in [0.05, 0.1) is 19.8 Å². The molecule has 0 aliphatic heterocycles. The largest absolute Gasteiger partial charge is 0.544 e. The van der Waals surface area contributed by atoms with Crippen LogP contribution in [0, 0.1) is 0 Å². The van der Waals surface area contributed by atoms with Crippen molar-refractivity contribution in [2.24, 2.45) is 0 Å². The Labute approximate surface area is 227 Å². The molecule has 0 aliphatic rings. The third-order valence-electron chi connectivity index (χ3n) is 8.12. The smallest absolute Gasteiger partial charge is 0.264 e. The van der Waals surface area contributed by atoms with E-state index < -0.39 is 33.5 Å². The number of nitrogens with zero attached hydrogens (tertiary/aromatic N) is 1. The Bertz CT molecular complexity index is 741. The quantitative estimate of drug-likeness (QED) is 0.0760. The van der Waals surface area contributed by atoms with Gasteiger partial charge in [0, 0.05) is 19.8 Å². The van der Waals surface area contributed by atoms with Crippen LogP contribution < -0.4 is 10.4 Å². The van der Waals surface area contributed by atoms with Gasteiger partial charge in [-0.25, -0.2) is 0 Å². The Balaban J connectivity index is 4.12. The molecule has 0 rings (SSSR count). The van der Waals surface area contributed by atoms with Crippen LogP contribution in [0.3, 0.4) is 0 Å². The maximum atomic E-state index is 12.5. The molecular weight excluding hydrogens is 492 g/mol. The van der Waals surface area contributed by atoms with E-state index in [0.717, 1.165) is 19.3 Å². The van der Waals surface area contributed by atoms with E-state index >= 15 is 0 Å². The van der Waals surface area contributed by atoms with Gasteiger partial charge in [-0.05, 0) is 19.8 Å². The van der Waals surface area contributed by atoms with Crippen LogP contribution in [0.5, 0.6) is 0 Å². The Morgan fingerprint density at radius 2 is 1.24 bits per heavy atom. The molecule has 0 bridgehead atoms. The second-order valence-electron chi connectivity index (χ2n) is 11.4. The van der Waals surface area contributed by atoms with Crippen LogP contribution in [0.2, 0.25) is 0 Å². The molecule has 2 atom stereocenters. The predicted octanol–water partition coefficient (Wildman–Crippen LogP) is 4.96. The highest BCUT2D eigenvalue weighted by molar-refractivity contribution is 7.85. The van der Waals surface area contributed by atoms with Crippen molar-refractivity contribution in [3.63, 3.8) is 0 Å². The van der Waals surface area contributed by atoms with E-state index in [1.165, 1.54) is 84.0 Å². The molecule has 0 spiro atoms. The molecule has 9 heteroatoms. The summed E-state index contributed by atoms with van der Waals surface area (Å²) in [6, 6.07) is 0. The molecule has 2 N–H and O–H groups in total. The number of nitrogens with one attached hydrogen (secondary N) is 1. The van der Waals surface area contributed by atoms with Crippen LogP contribution in [0.15, 0.2) is 0 Å². The van der Waals surface area contributed by atoms with Crippen molar-refractivity contribution in [2.45, 2.75) is 148 Å². The Hall–Kier alpha value is -1.19. The minimum absolute atomic E-state index is 0.0125. The van der Waals surface area contributed by atoms with Crippen molar-refractivity contribution in [1.82, 2.24) is 5.32 Å². The van der Waals surface area contributed by atoms with Gasteiger partial charge in [0.25, 0.3) is 10.1 Å². The summed E-state index contributed by atoms with van der Waals surface area (Å²) < 4.78 is 30.9. The zero-order valence-corrected chi connectivity index (χ0v) is 25.2. The number of aliphatic carboxylic acids is 1. The summed E-state index contributed by atoms with van der Waals surface area (Å²) in [5.41, 5.74) is -1.44. The number of likely N-dealkylation sites (N-methyl/N-ethyl adjacent to an activating group) is 1. The number of carbonyl (C=O) groups excluding carboxylic acids is 2. The number of carboxylic acids is 1. The fourth-order valence-electron chi connectivity index (χ4n) is 4.78. The molecule has 0 heterocycles. The van der Waals surface area contributed by atoms with Crippen molar-refractivity contribution < 1.29 is 32.1 Å².